The van der Waals surface area contributed by atoms with Crippen LogP contribution in [0.1, 0.15) is 41.5 Å². The van der Waals surface area contributed by atoms with Gasteiger partial charge in [0.1, 0.15) is 0 Å². The van der Waals surface area contributed by atoms with Crippen LogP contribution in [0.25, 0.3) is 0 Å². The van der Waals surface area contributed by atoms with Gasteiger partial charge in [-0.1, -0.05) is 0 Å². The fraction of sp³-hybridized carbons (Fsp3) is 1.00. The molecule has 0 amide bonds. The molecule has 188 valence electrons. The minimum atomic E-state index is -1.38. The molecule has 0 heterocycles. The first-order valence-electron chi connectivity index (χ1n) is 10.7. The van der Waals surface area contributed by atoms with Crippen LogP contribution in [0.3, 0.4) is 0 Å². The third kappa shape index (κ3) is 6.80. The average Bonchev–Trinajstić information content (AvgIpc) is 2.65. The van der Waals surface area contributed by atoms with Gasteiger partial charge < -0.3 is 50.3 Å². The zero-order valence-corrected chi connectivity index (χ0v) is 19.6. The number of aliphatic hydroxyl groups is 8. The lowest BCUT2D eigenvalue weighted by atomic mass is 9.74. The van der Waals surface area contributed by atoms with Crippen molar-refractivity contribution >= 4 is 0 Å². The van der Waals surface area contributed by atoms with Crippen LogP contribution in [0.5, 0.6) is 0 Å². The van der Waals surface area contributed by atoms with Gasteiger partial charge in [-0.25, -0.2) is 0 Å². The van der Waals surface area contributed by atoms with Crippen molar-refractivity contribution in [2.75, 3.05) is 39.6 Å². The van der Waals surface area contributed by atoms with E-state index < -0.39 is 66.1 Å². The maximum Gasteiger partial charge on any atom is 0.0705 e. The van der Waals surface area contributed by atoms with E-state index in [1.807, 2.05) is 0 Å². The van der Waals surface area contributed by atoms with Crippen LogP contribution in [0.15, 0.2) is 0 Å². The van der Waals surface area contributed by atoms with Gasteiger partial charge in [0.05, 0.1) is 92.5 Å². The molecule has 6 unspecified atom stereocenters. The molecule has 0 aromatic rings. The Hall–Kier alpha value is -0.400. The van der Waals surface area contributed by atoms with Gasteiger partial charge in [0, 0.05) is 0 Å². The number of ether oxygens (including phenoxy) is 2. The molecule has 8 N–H and O–H groups in total. The van der Waals surface area contributed by atoms with Crippen LogP contribution in [0.2, 0.25) is 0 Å². The van der Waals surface area contributed by atoms with Crippen molar-refractivity contribution in [2.45, 2.75) is 78.2 Å². The van der Waals surface area contributed by atoms with Gasteiger partial charge in [-0.2, -0.15) is 0 Å². The van der Waals surface area contributed by atoms with Crippen LogP contribution in [-0.4, -0.2) is 117 Å². The Kier molecular flexibility index (Phi) is 12.6. The lowest BCUT2D eigenvalue weighted by Crippen LogP contribution is -2.55. The number of aliphatic hydroxyl groups excluding tert-OH is 8. The monoisotopic (exact) mass is 456 g/mol. The molecule has 0 aliphatic heterocycles. The van der Waals surface area contributed by atoms with Crippen molar-refractivity contribution in [1.82, 2.24) is 0 Å². The molecule has 0 radical (unpaired) electrons. The predicted octanol–water partition coefficient (Wildman–Crippen LogP) is -1.75. The second kappa shape index (κ2) is 12.7. The summed E-state index contributed by atoms with van der Waals surface area (Å²) in [5.74, 6) is 0. The molecule has 0 aliphatic carbocycles. The van der Waals surface area contributed by atoms with Crippen molar-refractivity contribution in [3.05, 3.63) is 0 Å². The minimum Gasteiger partial charge on any atom is -0.396 e. The highest BCUT2D eigenvalue weighted by atomic mass is 16.5. The lowest BCUT2D eigenvalue weighted by Gasteiger charge is -2.43. The lowest BCUT2D eigenvalue weighted by molar-refractivity contribution is -0.183. The Balaban J connectivity index is 5.34. The van der Waals surface area contributed by atoms with E-state index >= 15 is 0 Å². The molecule has 0 saturated heterocycles. The normalized spacial score (nSPS) is 22.6. The van der Waals surface area contributed by atoms with Gasteiger partial charge in [0.25, 0.3) is 0 Å². The van der Waals surface area contributed by atoms with E-state index in [0.717, 1.165) is 0 Å². The highest BCUT2D eigenvalue weighted by molar-refractivity contribution is 4.95. The summed E-state index contributed by atoms with van der Waals surface area (Å²) in [5.41, 5.74) is -4.03. The fourth-order valence-corrected chi connectivity index (χ4v) is 3.98. The number of rotatable bonds is 16. The summed E-state index contributed by atoms with van der Waals surface area (Å²) in [6, 6.07) is 0. The van der Waals surface area contributed by atoms with Gasteiger partial charge in [-0.05, 0) is 41.5 Å². The zero-order valence-electron chi connectivity index (χ0n) is 19.6. The first-order chi connectivity index (χ1) is 14.2. The third-order valence-corrected chi connectivity index (χ3v) is 6.86. The van der Waals surface area contributed by atoms with E-state index in [1.54, 1.807) is 0 Å². The average molecular weight is 457 g/mol. The van der Waals surface area contributed by atoms with E-state index in [1.165, 1.54) is 41.5 Å². The Morgan fingerprint density at radius 3 is 0.871 bits per heavy atom. The maximum atomic E-state index is 10.1. The number of hydrogen-bond acceptors (Lipinski definition) is 10. The topological polar surface area (TPSA) is 180 Å². The molecule has 0 saturated carbocycles. The Morgan fingerprint density at radius 2 is 0.710 bits per heavy atom. The van der Waals surface area contributed by atoms with Crippen LogP contribution < -0.4 is 0 Å². The Morgan fingerprint density at radius 1 is 0.484 bits per heavy atom. The van der Waals surface area contributed by atoms with Crippen molar-refractivity contribution in [3.63, 3.8) is 0 Å². The molecule has 0 aliphatic rings. The largest absolute Gasteiger partial charge is 0.396 e. The molecule has 10 nitrogen and oxygen atoms in total. The van der Waals surface area contributed by atoms with Crippen molar-refractivity contribution in [1.29, 1.82) is 0 Å². The van der Waals surface area contributed by atoms with Gasteiger partial charge >= 0.3 is 0 Å². The van der Waals surface area contributed by atoms with Crippen molar-refractivity contribution < 1.29 is 50.3 Å². The molecule has 0 fully saturated rings. The first kappa shape index (κ1) is 30.6. The van der Waals surface area contributed by atoms with Crippen LogP contribution in [0, 0.1) is 16.2 Å². The van der Waals surface area contributed by atoms with Crippen molar-refractivity contribution in [2.24, 2.45) is 16.2 Å². The smallest absolute Gasteiger partial charge is 0.0705 e. The standard InChI is InChI=1S/C21H44O10/c1-13(24)20(14(2)25,15(3)26)11-30-9-19(7-22,8-23)10-31-12-21(16(4)27,17(5)28)18(6)29/h13-18,22-29H,7-12H2,1-6H3. The highest BCUT2D eigenvalue weighted by Gasteiger charge is 2.47. The molecular formula is C21H44O10. The van der Waals surface area contributed by atoms with E-state index in [9.17, 15) is 40.9 Å². The van der Waals surface area contributed by atoms with E-state index in [2.05, 4.69) is 0 Å². The molecule has 10 heteroatoms. The van der Waals surface area contributed by atoms with Gasteiger partial charge in [0.15, 0.2) is 0 Å². The summed E-state index contributed by atoms with van der Waals surface area (Å²) in [5, 5.41) is 80.6. The molecule has 31 heavy (non-hydrogen) atoms. The minimum absolute atomic E-state index is 0.223. The Bertz CT molecular complexity index is 403. The molecule has 0 spiro atoms. The molecule has 0 rings (SSSR count). The quantitative estimate of drug-likeness (QED) is 0.133. The molecule has 6 atom stereocenters. The summed E-state index contributed by atoms with van der Waals surface area (Å²) in [6.45, 7) is 6.58. The summed E-state index contributed by atoms with van der Waals surface area (Å²) >= 11 is 0. The summed E-state index contributed by atoms with van der Waals surface area (Å²) in [4.78, 5) is 0. The molecule has 0 aromatic heterocycles. The van der Waals surface area contributed by atoms with Gasteiger partial charge in [-0.15, -0.1) is 0 Å². The van der Waals surface area contributed by atoms with Gasteiger partial charge in [-0.3, -0.25) is 0 Å². The summed E-state index contributed by atoms with van der Waals surface area (Å²) in [7, 11) is 0. The summed E-state index contributed by atoms with van der Waals surface area (Å²) in [6.07, 6.45) is -6.64. The molecule has 0 aromatic carbocycles. The fourth-order valence-electron chi connectivity index (χ4n) is 3.98. The zero-order chi connectivity index (χ0) is 24.6. The second-order valence-corrected chi connectivity index (χ2v) is 9.08. The van der Waals surface area contributed by atoms with E-state index in [-0.39, 0.29) is 26.4 Å². The maximum absolute atomic E-state index is 10.1. The van der Waals surface area contributed by atoms with Crippen molar-refractivity contribution in [3.8, 4) is 0 Å². The Labute approximate surface area is 185 Å². The second-order valence-electron chi connectivity index (χ2n) is 9.08. The van der Waals surface area contributed by atoms with E-state index in [4.69, 9.17) is 9.47 Å². The molecular weight excluding hydrogens is 412 g/mol. The molecule has 0 bridgehead atoms. The highest BCUT2D eigenvalue weighted by Crippen LogP contribution is 2.34. The van der Waals surface area contributed by atoms with Crippen LogP contribution >= 0.6 is 0 Å². The first-order valence-corrected chi connectivity index (χ1v) is 10.7. The van der Waals surface area contributed by atoms with Crippen LogP contribution in [-0.2, 0) is 9.47 Å². The SMILES string of the molecule is CC(O)C(COCC(CO)(CO)COCC(C(C)O)(C(C)O)C(C)O)(C(C)O)C(C)O. The van der Waals surface area contributed by atoms with Crippen LogP contribution in [0.4, 0.5) is 0 Å². The van der Waals surface area contributed by atoms with Gasteiger partial charge in [0.2, 0.25) is 0 Å². The van der Waals surface area contributed by atoms with E-state index in [0.29, 0.717) is 0 Å². The predicted molar refractivity (Wildman–Crippen MR) is 113 cm³/mol. The summed E-state index contributed by atoms with van der Waals surface area (Å²) < 4.78 is 11.3. The third-order valence-electron chi connectivity index (χ3n) is 6.86. The number of hydrogen-bond donors (Lipinski definition) is 8.